The molecular weight excluding hydrogens is 485 g/mol. The number of thioether (sulfide) groups is 1. The molecule has 0 saturated heterocycles. The van der Waals surface area contributed by atoms with Crippen molar-refractivity contribution in [3.63, 3.8) is 0 Å². The molecule has 168 valence electrons. The zero-order valence-electron chi connectivity index (χ0n) is 18.0. The maximum atomic E-state index is 12.5. The first-order valence-corrected chi connectivity index (χ1v) is 12.9. The third-order valence-electron chi connectivity index (χ3n) is 4.89. The van der Waals surface area contributed by atoms with Crippen molar-refractivity contribution >= 4 is 51.3 Å². The van der Waals surface area contributed by atoms with E-state index in [4.69, 9.17) is 5.73 Å². The van der Waals surface area contributed by atoms with E-state index in [-0.39, 0.29) is 29.3 Å². The first-order valence-electron chi connectivity index (χ1n) is 10.1. The van der Waals surface area contributed by atoms with Crippen molar-refractivity contribution < 1.29 is 4.79 Å². The Labute approximate surface area is 208 Å². The van der Waals surface area contributed by atoms with Crippen LogP contribution < -0.4 is 11.1 Å². The van der Waals surface area contributed by atoms with E-state index >= 15 is 0 Å². The number of benzene rings is 1. The normalized spacial score (nSPS) is 10.4. The van der Waals surface area contributed by atoms with Crippen LogP contribution in [0.2, 0.25) is 0 Å². The average Bonchev–Trinajstić information content (AvgIpc) is 3.52. The Morgan fingerprint density at radius 1 is 1.09 bits per heavy atom. The number of pyridine rings is 1. The Kier molecular flexibility index (Phi) is 7.24. The summed E-state index contributed by atoms with van der Waals surface area (Å²) >= 11 is 4.09. The maximum absolute atomic E-state index is 12.5. The van der Waals surface area contributed by atoms with Crippen LogP contribution in [0, 0.1) is 29.6 Å². The van der Waals surface area contributed by atoms with Crippen LogP contribution in [0.3, 0.4) is 0 Å². The van der Waals surface area contributed by atoms with Gasteiger partial charge in [-0.15, -0.1) is 23.1 Å². The summed E-state index contributed by atoms with van der Waals surface area (Å²) in [4.78, 5) is 21.2. The van der Waals surface area contributed by atoms with E-state index in [0.29, 0.717) is 21.5 Å². The topological polar surface area (TPSA) is 128 Å². The van der Waals surface area contributed by atoms with Gasteiger partial charge in [0, 0.05) is 28.7 Å². The zero-order valence-corrected chi connectivity index (χ0v) is 20.5. The lowest BCUT2D eigenvalue weighted by Gasteiger charge is -2.11. The molecule has 0 spiro atoms. The number of hydrogen-bond donors (Lipinski definition) is 2. The number of hydrogen-bond acceptors (Lipinski definition) is 9. The molecule has 0 unspecified atom stereocenters. The number of nitrogens with two attached hydrogens (primary N) is 1. The van der Waals surface area contributed by atoms with Crippen LogP contribution in [0.15, 0.2) is 51.5 Å². The SMILES string of the molecule is Cc1ccc(-c2csc(NC(=O)CCSc3nc(N)c(C#N)c(-c4ccsc4)c3C#N)n2)cc1. The molecule has 0 atom stereocenters. The van der Waals surface area contributed by atoms with Gasteiger partial charge in [0.25, 0.3) is 0 Å². The summed E-state index contributed by atoms with van der Waals surface area (Å²) < 4.78 is 0. The van der Waals surface area contributed by atoms with Gasteiger partial charge in [-0.1, -0.05) is 29.8 Å². The van der Waals surface area contributed by atoms with Crippen molar-refractivity contribution in [2.75, 3.05) is 16.8 Å². The number of carbonyl (C=O) groups is 1. The third kappa shape index (κ3) is 5.10. The van der Waals surface area contributed by atoms with Gasteiger partial charge in [0.1, 0.15) is 28.5 Å². The van der Waals surface area contributed by atoms with Gasteiger partial charge in [0.05, 0.1) is 11.3 Å². The van der Waals surface area contributed by atoms with E-state index in [1.54, 1.807) is 0 Å². The molecule has 1 amide bonds. The summed E-state index contributed by atoms with van der Waals surface area (Å²) in [7, 11) is 0. The molecule has 0 bridgehead atoms. The summed E-state index contributed by atoms with van der Waals surface area (Å²) in [6, 6.07) is 14.1. The molecule has 0 aliphatic rings. The van der Waals surface area contributed by atoms with Crippen molar-refractivity contribution in [1.82, 2.24) is 9.97 Å². The van der Waals surface area contributed by atoms with Crippen LogP contribution in [0.5, 0.6) is 0 Å². The van der Waals surface area contributed by atoms with Gasteiger partial charge in [-0.05, 0) is 29.3 Å². The van der Waals surface area contributed by atoms with Gasteiger partial charge < -0.3 is 11.1 Å². The molecular formula is C24H18N6OS3. The Balaban J connectivity index is 1.43. The maximum Gasteiger partial charge on any atom is 0.226 e. The molecule has 3 heterocycles. The Morgan fingerprint density at radius 3 is 2.53 bits per heavy atom. The minimum Gasteiger partial charge on any atom is -0.383 e. The van der Waals surface area contributed by atoms with E-state index in [0.717, 1.165) is 16.8 Å². The van der Waals surface area contributed by atoms with Crippen LogP contribution in [0.25, 0.3) is 22.4 Å². The highest BCUT2D eigenvalue weighted by Crippen LogP contribution is 2.36. The monoisotopic (exact) mass is 502 g/mol. The quantitative estimate of drug-likeness (QED) is 0.311. The number of thiazole rings is 1. The summed E-state index contributed by atoms with van der Waals surface area (Å²) in [5.41, 5.74) is 10.7. The van der Waals surface area contributed by atoms with Gasteiger partial charge >= 0.3 is 0 Å². The van der Waals surface area contributed by atoms with Crippen LogP contribution in [0.1, 0.15) is 23.1 Å². The predicted octanol–water partition coefficient (Wildman–Crippen LogP) is 5.69. The number of nitrogen functional groups attached to an aromatic ring is 1. The molecule has 0 aliphatic carbocycles. The molecule has 34 heavy (non-hydrogen) atoms. The molecule has 4 rings (SSSR count). The van der Waals surface area contributed by atoms with Gasteiger partial charge in [0.2, 0.25) is 5.91 Å². The van der Waals surface area contributed by atoms with Crippen LogP contribution in [-0.4, -0.2) is 21.6 Å². The smallest absolute Gasteiger partial charge is 0.226 e. The molecule has 4 aromatic rings. The molecule has 7 nitrogen and oxygen atoms in total. The number of aromatic nitrogens is 2. The second-order valence-corrected chi connectivity index (χ2v) is 9.94. The van der Waals surface area contributed by atoms with Gasteiger partial charge in [-0.2, -0.15) is 21.9 Å². The molecule has 0 aliphatic heterocycles. The first kappa shape index (κ1) is 23.5. The van der Waals surface area contributed by atoms with Gasteiger partial charge in [0.15, 0.2) is 5.13 Å². The van der Waals surface area contributed by atoms with E-state index in [1.165, 1.54) is 40.0 Å². The molecule has 1 aromatic carbocycles. The summed E-state index contributed by atoms with van der Waals surface area (Å²) in [6.07, 6.45) is 0.199. The van der Waals surface area contributed by atoms with E-state index in [1.807, 2.05) is 53.4 Å². The first-order chi connectivity index (χ1) is 16.5. The summed E-state index contributed by atoms with van der Waals surface area (Å²) in [5.74, 6) is 0.273. The minimum atomic E-state index is -0.185. The Hall–Kier alpha value is -3.70. The number of rotatable bonds is 7. The van der Waals surface area contributed by atoms with Crippen LogP contribution in [0.4, 0.5) is 10.9 Å². The number of aryl methyl sites for hydroxylation is 1. The van der Waals surface area contributed by atoms with Crippen LogP contribution >= 0.6 is 34.4 Å². The largest absolute Gasteiger partial charge is 0.383 e. The second kappa shape index (κ2) is 10.5. The second-order valence-electron chi connectivity index (χ2n) is 7.21. The number of anilines is 2. The lowest BCUT2D eigenvalue weighted by atomic mass is 9.99. The van der Waals surface area contributed by atoms with Crippen molar-refractivity contribution in [1.29, 1.82) is 10.5 Å². The van der Waals surface area contributed by atoms with Crippen molar-refractivity contribution in [3.8, 4) is 34.5 Å². The highest BCUT2D eigenvalue weighted by molar-refractivity contribution is 7.99. The van der Waals surface area contributed by atoms with E-state index in [2.05, 4.69) is 27.4 Å². The van der Waals surface area contributed by atoms with E-state index < -0.39 is 0 Å². The predicted molar refractivity (Wildman–Crippen MR) is 138 cm³/mol. The molecule has 0 fully saturated rings. The van der Waals surface area contributed by atoms with Crippen molar-refractivity contribution in [2.45, 2.75) is 18.4 Å². The Bertz CT molecular complexity index is 1410. The minimum absolute atomic E-state index is 0.0704. The number of amides is 1. The molecule has 0 saturated carbocycles. The molecule has 3 aromatic heterocycles. The lowest BCUT2D eigenvalue weighted by molar-refractivity contribution is -0.115. The summed E-state index contributed by atoms with van der Waals surface area (Å²) in [5, 5.41) is 28.7. The molecule has 10 heteroatoms. The third-order valence-corrected chi connectivity index (χ3v) is 7.31. The van der Waals surface area contributed by atoms with Crippen molar-refractivity contribution in [3.05, 3.63) is 63.2 Å². The number of nitrogens with one attached hydrogen (secondary N) is 1. The number of nitriles is 2. The van der Waals surface area contributed by atoms with Crippen LogP contribution in [-0.2, 0) is 4.79 Å². The highest BCUT2D eigenvalue weighted by Gasteiger charge is 2.21. The van der Waals surface area contributed by atoms with Gasteiger partial charge in [-0.25, -0.2) is 9.97 Å². The summed E-state index contributed by atoms with van der Waals surface area (Å²) in [6.45, 7) is 2.03. The molecule has 0 radical (unpaired) electrons. The van der Waals surface area contributed by atoms with E-state index in [9.17, 15) is 15.3 Å². The lowest BCUT2D eigenvalue weighted by Crippen LogP contribution is -2.12. The van der Waals surface area contributed by atoms with Gasteiger partial charge in [-0.3, -0.25) is 4.79 Å². The number of carbonyl (C=O) groups excluding carboxylic acids is 1. The molecule has 3 N–H and O–H groups in total. The zero-order chi connectivity index (χ0) is 24.1. The fourth-order valence-corrected chi connectivity index (χ4v) is 5.53. The van der Waals surface area contributed by atoms with Crippen molar-refractivity contribution in [2.24, 2.45) is 0 Å². The average molecular weight is 503 g/mol. The fourth-order valence-electron chi connectivity index (χ4n) is 3.21. The number of nitrogens with zero attached hydrogens (tertiary/aromatic N) is 4. The number of thiophene rings is 1. The standard InChI is InChI=1S/C24H18N6OS3/c1-14-2-4-15(5-3-14)19-13-34-24(28-19)29-20(31)7-9-33-23-18(11-26)21(16-6-8-32-12-16)17(10-25)22(27)30-23/h2-6,8,12-13H,7,9H2,1H3,(H2,27,30)(H,28,29,31). The fraction of sp³-hybridized carbons (Fsp3) is 0.125. The Morgan fingerprint density at radius 2 is 1.85 bits per heavy atom. The highest BCUT2D eigenvalue weighted by atomic mass is 32.2.